The maximum atomic E-state index is 16.2. The zero-order valence-electron chi connectivity index (χ0n) is 23.2. The molecule has 0 radical (unpaired) electrons. The molecule has 4 N–H and O–H groups in total. The molecule has 0 spiro atoms. The van der Waals surface area contributed by atoms with Crippen LogP contribution < -0.4 is 21.7 Å². The van der Waals surface area contributed by atoms with E-state index in [1.54, 1.807) is 44.2 Å². The van der Waals surface area contributed by atoms with Gasteiger partial charge in [0.25, 0.3) is 5.56 Å². The number of nitrogens with two attached hydrogens (primary N) is 1. The first-order valence-electron chi connectivity index (χ1n) is 12.2. The van der Waals surface area contributed by atoms with Crippen LogP contribution in [0.5, 0.6) is 5.75 Å². The molecule has 0 amide bonds. The molecule has 0 saturated carbocycles. The highest BCUT2D eigenvalue weighted by Crippen LogP contribution is 2.44. The van der Waals surface area contributed by atoms with Crippen molar-refractivity contribution < 1.29 is 23.8 Å². The van der Waals surface area contributed by atoms with Gasteiger partial charge < -0.3 is 20.3 Å². The number of halogens is 1. The van der Waals surface area contributed by atoms with Gasteiger partial charge in [0.2, 0.25) is 0 Å². The van der Waals surface area contributed by atoms with Crippen LogP contribution in [0.15, 0.2) is 64.3 Å². The normalized spacial score (nSPS) is 10.3. The predicted octanol–water partition coefficient (Wildman–Crippen LogP) is 4.50. The molecule has 0 unspecified atom stereocenters. The number of methoxy groups -OCH3 is 2. The lowest BCUT2D eigenvalue weighted by Gasteiger charge is -2.27. The van der Waals surface area contributed by atoms with Crippen LogP contribution in [0.25, 0.3) is 27.6 Å². The highest BCUT2D eigenvalue weighted by atomic mass is 19.1. The number of benzene rings is 3. The molecule has 10 heteroatoms. The summed E-state index contributed by atoms with van der Waals surface area (Å²) in [5, 5.41) is 8.76. The van der Waals surface area contributed by atoms with Crippen molar-refractivity contribution in [3.05, 3.63) is 86.9 Å². The molecule has 4 aromatic rings. The van der Waals surface area contributed by atoms with Crippen molar-refractivity contribution in [3.63, 3.8) is 0 Å². The van der Waals surface area contributed by atoms with E-state index < -0.39 is 28.5 Å². The molecule has 40 heavy (non-hydrogen) atoms. The van der Waals surface area contributed by atoms with E-state index in [2.05, 4.69) is 11.4 Å². The minimum atomic E-state index is -1.27. The van der Waals surface area contributed by atoms with Gasteiger partial charge in [0, 0.05) is 23.5 Å². The summed E-state index contributed by atoms with van der Waals surface area (Å²) in [4.78, 5) is 39.0. The Kier molecular flexibility index (Phi) is 10.3. The molecule has 0 aliphatic rings. The van der Waals surface area contributed by atoms with Gasteiger partial charge in [-0.1, -0.05) is 38.5 Å². The zero-order chi connectivity index (χ0) is 30.2. The minimum absolute atomic E-state index is 0.0498. The Bertz CT molecular complexity index is 1680. The Balaban J connectivity index is 0.00000105. The first kappa shape index (κ1) is 31.2. The number of terminal acetylenes is 1. The minimum Gasteiger partial charge on any atom is -0.496 e. The number of carbonyl (C=O) groups is 1. The number of H-pyrrole nitrogens is 1. The fraction of sp³-hybridized carbons (Fsp3) is 0.233. The number of carbonyl (C=O) groups excluding carboxylic acids is 1. The third-order valence-electron chi connectivity index (χ3n) is 6.01. The van der Waals surface area contributed by atoms with Crippen molar-refractivity contribution in [1.29, 1.82) is 0 Å². The fourth-order valence-corrected chi connectivity index (χ4v) is 4.13. The average molecular weight is 550 g/mol. The molecule has 9 nitrogen and oxygen atoms in total. The van der Waals surface area contributed by atoms with Crippen molar-refractivity contribution in [2.24, 2.45) is 0 Å². The number of fused-ring (bicyclic) bond motifs is 1. The Morgan fingerprint density at radius 1 is 1.07 bits per heavy atom. The third kappa shape index (κ3) is 6.15. The number of rotatable bonds is 5. The van der Waals surface area contributed by atoms with Crippen molar-refractivity contribution in [3.8, 4) is 35.1 Å². The Labute approximate surface area is 231 Å². The monoisotopic (exact) mass is 549 g/mol. The number of anilines is 1. The zero-order valence-corrected chi connectivity index (χ0v) is 23.2. The number of ether oxygens (including phenoxy) is 2. The largest absolute Gasteiger partial charge is 0.496 e. The van der Waals surface area contributed by atoms with Crippen LogP contribution in [0.2, 0.25) is 0 Å². The van der Waals surface area contributed by atoms with E-state index in [4.69, 9.17) is 20.3 Å². The number of nitrogens with zero attached hydrogens (tertiary/aromatic N) is 1. The highest BCUT2D eigenvalue weighted by molar-refractivity contribution is 5.92. The summed E-state index contributed by atoms with van der Waals surface area (Å²) in [7, 11) is 2.63. The summed E-state index contributed by atoms with van der Waals surface area (Å²) in [6.45, 7) is 7.22. The number of aliphatic hydroxyl groups is 1. The third-order valence-corrected chi connectivity index (χ3v) is 6.01. The van der Waals surface area contributed by atoms with Crippen molar-refractivity contribution in [1.82, 2.24) is 9.55 Å². The molecule has 0 fully saturated rings. The summed E-state index contributed by atoms with van der Waals surface area (Å²) in [5.41, 5.74) is 4.40. The lowest BCUT2D eigenvalue weighted by molar-refractivity contribution is -0.146. The van der Waals surface area contributed by atoms with Gasteiger partial charge in [-0.15, -0.1) is 0 Å². The Morgan fingerprint density at radius 2 is 1.68 bits per heavy atom. The Morgan fingerprint density at radius 3 is 2.25 bits per heavy atom. The van der Waals surface area contributed by atoms with Crippen LogP contribution in [0, 0.1) is 18.3 Å². The maximum absolute atomic E-state index is 16.2. The van der Waals surface area contributed by atoms with E-state index in [1.165, 1.54) is 32.6 Å². The van der Waals surface area contributed by atoms with Gasteiger partial charge >= 0.3 is 11.7 Å². The van der Waals surface area contributed by atoms with E-state index >= 15 is 4.39 Å². The van der Waals surface area contributed by atoms with Gasteiger partial charge in [-0.3, -0.25) is 19.1 Å². The molecule has 0 atom stereocenters. The van der Waals surface area contributed by atoms with Gasteiger partial charge in [0.1, 0.15) is 11.9 Å². The van der Waals surface area contributed by atoms with Crippen LogP contribution in [-0.4, -0.2) is 34.8 Å². The van der Waals surface area contributed by atoms with Gasteiger partial charge in [0.05, 0.1) is 30.9 Å². The van der Waals surface area contributed by atoms with Crippen LogP contribution in [0.3, 0.4) is 0 Å². The second-order valence-corrected chi connectivity index (χ2v) is 8.71. The van der Waals surface area contributed by atoms with E-state index in [0.29, 0.717) is 16.8 Å². The lowest BCUT2D eigenvalue weighted by atomic mass is 9.81. The summed E-state index contributed by atoms with van der Waals surface area (Å²) < 4.78 is 27.8. The first-order chi connectivity index (χ1) is 19.0. The summed E-state index contributed by atoms with van der Waals surface area (Å²) in [6.07, 6.45) is 6.58. The molecule has 0 saturated heterocycles. The topological polar surface area (TPSA) is 137 Å². The van der Waals surface area contributed by atoms with Gasteiger partial charge in [0.15, 0.2) is 5.82 Å². The van der Waals surface area contributed by atoms with E-state index in [0.717, 1.165) is 21.4 Å². The molecule has 1 aromatic heterocycles. The van der Waals surface area contributed by atoms with Crippen LogP contribution in [-0.2, 0) is 14.9 Å². The Hall–Kier alpha value is -5.04. The lowest BCUT2D eigenvalue weighted by Crippen LogP contribution is -2.32. The first-order valence-corrected chi connectivity index (χ1v) is 12.2. The maximum Gasteiger partial charge on any atom is 0.333 e. The summed E-state index contributed by atoms with van der Waals surface area (Å²) in [5.74, 6) is -1.23. The second-order valence-electron chi connectivity index (χ2n) is 8.71. The number of nitrogen functional groups attached to an aromatic ring is 1. The molecular weight excluding hydrogens is 517 g/mol. The van der Waals surface area contributed by atoms with E-state index in [-0.39, 0.29) is 17.0 Å². The van der Waals surface area contributed by atoms with Crippen LogP contribution in [0.1, 0.15) is 33.3 Å². The SMILES string of the molecule is C#CO.CC.COC(=O)C(C)(C)c1cc(-n2ccc(=O)[nH]c2=O)c(F)c(-c2ccc3cc(N)ccc3c2)c1OC. The molecule has 210 valence electrons. The van der Waals surface area contributed by atoms with Crippen LogP contribution >= 0.6 is 0 Å². The number of aromatic nitrogens is 2. The summed E-state index contributed by atoms with van der Waals surface area (Å²) in [6, 6.07) is 13.1. The standard InChI is InChI=1S/C26H24FN3O5.C2H2O.C2H6/c1-26(2,24(32)35-4)18-13-19(30-10-9-20(31)29-25(30)33)22(27)21(23(18)34-3)16-6-5-15-12-17(28)8-7-14(15)11-16;1-2-3;1-2/h5-13H,28H2,1-4H3,(H,29,31,33);1,3H;1-2H3. The smallest absolute Gasteiger partial charge is 0.333 e. The molecule has 4 rings (SSSR count). The molecular formula is C30H32FN3O6. The molecule has 0 aliphatic carbocycles. The quantitative estimate of drug-likeness (QED) is 0.189. The number of aliphatic hydroxyl groups excluding tert-OH is 1. The molecule has 0 aliphatic heterocycles. The highest BCUT2D eigenvalue weighted by Gasteiger charge is 2.37. The summed E-state index contributed by atoms with van der Waals surface area (Å²) >= 11 is 0. The van der Waals surface area contributed by atoms with Gasteiger partial charge in [-0.05, 0) is 54.4 Å². The van der Waals surface area contributed by atoms with Crippen molar-refractivity contribution in [2.75, 3.05) is 20.0 Å². The van der Waals surface area contributed by atoms with Crippen molar-refractivity contribution in [2.45, 2.75) is 33.1 Å². The number of aromatic amines is 1. The molecule has 3 aromatic carbocycles. The van der Waals surface area contributed by atoms with E-state index in [1.807, 2.05) is 19.9 Å². The van der Waals surface area contributed by atoms with Gasteiger partial charge in [-0.25, -0.2) is 9.18 Å². The molecule has 1 heterocycles. The second kappa shape index (κ2) is 13.2. The molecule has 0 bridgehead atoms. The van der Waals surface area contributed by atoms with Gasteiger partial charge in [-0.2, -0.15) is 0 Å². The number of esters is 1. The fourth-order valence-electron chi connectivity index (χ4n) is 4.13. The van der Waals surface area contributed by atoms with Crippen molar-refractivity contribution >= 4 is 22.4 Å². The van der Waals surface area contributed by atoms with Crippen LogP contribution in [0.4, 0.5) is 10.1 Å². The number of hydrogen-bond acceptors (Lipinski definition) is 7. The van der Waals surface area contributed by atoms with E-state index in [9.17, 15) is 14.4 Å². The average Bonchev–Trinajstić information content (AvgIpc) is 2.93. The number of hydrogen-bond donors (Lipinski definition) is 3. The number of nitrogens with one attached hydrogen (secondary N) is 1. The predicted molar refractivity (Wildman–Crippen MR) is 154 cm³/mol.